The molecule has 1 heterocycles. The lowest BCUT2D eigenvalue weighted by molar-refractivity contribution is -0.147. The molecule has 26 heavy (non-hydrogen) atoms. The average Bonchev–Trinajstić information content (AvgIpc) is 2.67. The molecule has 1 aliphatic rings. The zero-order valence-electron chi connectivity index (χ0n) is 14.4. The predicted molar refractivity (Wildman–Crippen MR) is 96.4 cm³/mol. The lowest BCUT2D eigenvalue weighted by atomic mass is 10.1. The summed E-state index contributed by atoms with van der Waals surface area (Å²) in [5.74, 6) is -1.50. The van der Waals surface area contributed by atoms with Crippen LogP contribution in [0.1, 0.15) is 17.2 Å². The molecule has 1 fully saturated rings. The van der Waals surface area contributed by atoms with E-state index in [1.807, 2.05) is 30.3 Å². The Morgan fingerprint density at radius 2 is 1.77 bits per heavy atom. The van der Waals surface area contributed by atoms with Crippen molar-refractivity contribution in [3.63, 3.8) is 0 Å². The Kier molecular flexibility index (Phi) is 5.99. The zero-order chi connectivity index (χ0) is 18.4. The first-order valence-electron chi connectivity index (χ1n) is 8.59. The first-order chi connectivity index (χ1) is 12.6. The second-order valence-corrected chi connectivity index (χ2v) is 6.27. The third-order valence-electron chi connectivity index (χ3n) is 4.36. The molecular formula is C20H22N2O4. The molecule has 2 aromatic carbocycles. The van der Waals surface area contributed by atoms with Gasteiger partial charge in [0.1, 0.15) is 6.10 Å². The highest BCUT2D eigenvalue weighted by Crippen LogP contribution is 2.15. The Morgan fingerprint density at radius 3 is 2.42 bits per heavy atom. The van der Waals surface area contributed by atoms with Crippen LogP contribution in [0.2, 0.25) is 0 Å². The van der Waals surface area contributed by atoms with Gasteiger partial charge in [-0.05, 0) is 11.1 Å². The Labute approximate surface area is 152 Å². The number of nitrogens with zero attached hydrogens (tertiary/aromatic N) is 1. The van der Waals surface area contributed by atoms with Crippen molar-refractivity contribution in [2.75, 3.05) is 19.7 Å². The summed E-state index contributed by atoms with van der Waals surface area (Å²) < 4.78 is 5.58. The molecule has 1 saturated heterocycles. The van der Waals surface area contributed by atoms with Crippen LogP contribution in [0.5, 0.6) is 0 Å². The molecule has 2 atom stereocenters. The summed E-state index contributed by atoms with van der Waals surface area (Å²) in [7, 11) is 0. The largest absolute Gasteiger partial charge is 0.479 e. The van der Waals surface area contributed by atoms with Crippen molar-refractivity contribution >= 4 is 11.9 Å². The Bertz CT molecular complexity index is 736. The Balaban J connectivity index is 1.62. The number of carboxylic acid groups (broad SMARTS) is 1. The van der Waals surface area contributed by atoms with Crippen molar-refractivity contribution in [1.29, 1.82) is 0 Å². The van der Waals surface area contributed by atoms with Crippen LogP contribution in [0.25, 0.3) is 0 Å². The summed E-state index contributed by atoms with van der Waals surface area (Å²) >= 11 is 0. The second-order valence-electron chi connectivity index (χ2n) is 6.27. The average molecular weight is 354 g/mol. The molecule has 0 bridgehead atoms. The number of morpholine rings is 1. The third-order valence-corrected chi connectivity index (χ3v) is 4.36. The van der Waals surface area contributed by atoms with Gasteiger partial charge in [-0.15, -0.1) is 0 Å². The lowest BCUT2D eigenvalue weighted by Crippen LogP contribution is -2.50. The summed E-state index contributed by atoms with van der Waals surface area (Å²) in [5.41, 5.74) is 1.70. The fraction of sp³-hybridized carbons (Fsp3) is 0.300. The molecule has 0 aliphatic carbocycles. The molecule has 0 spiro atoms. The topological polar surface area (TPSA) is 78.9 Å². The summed E-state index contributed by atoms with van der Waals surface area (Å²) in [6, 6.07) is 17.6. The SMILES string of the molecule is O=C(N[C@@H](C(=O)O)c1ccccc1)[C@H]1CN(Cc2ccccc2)CCO1. The Morgan fingerprint density at radius 1 is 1.12 bits per heavy atom. The van der Waals surface area contributed by atoms with E-state index < -0.39 is 24.0 Å². The molecule has 0 radical (unpaired) electrons. The van der Waals surface area contributed by atoms with E-state index >= 15 is 0 Å². The van der Waals surface area contributed by atoms with Crippen molar-refractivity contribution in [2.45, 2.75) is 18.7 Å². The van der Waals surface area contributed by atoms with Gasteiger partial charge in [0.05, 0.1) is 6.61 Å². The maximum absolute atomic E-state index is 12.6. The number of hydrogen-bond acceptors (Lipinski definition) is 4. The molecule has 2 N–H and O–H groups in total. The van der Waals surface area contributed by atoms with Gasteiger partial charge in [0.15, 0.2) is 6.04 Å². The number of aliphatic carboxylic acids is 1. The molecule has 3 rings (SSSR count). The van der Waals surface area contributed by atoms with Gasteiger partial charge in [-0.1, -0.05) is 60.7 Å². The van der Waals surface area contributed by atoms with Gasteiger partial charge in [0.2, 0.25) is 0 Å². The summed E-state index contributed by atoms with van der Waals surface area (Å²) in [6.45, 7) is 2.34. The van der Waals surface area contributed by atoms with Gasteiger partial charge in [0.25, 0.3) is 5.91 Å². The molecule has 6 heteroatoms. The zero-order valence-corrected chi connectivity index (χ0v) is 14.4. The minimum absolute atomic E-state index is 0.404. The summed E-state index contributed by atoms with van der Waals surface area (Å²) in [4.78, 5) is 26.3. The van der Waals surface area contributed by atoms with Crippen LogP contribution in [0.15, 0.2) is 60.7 Å². The van der Waals surface area contributed by atoms with Crippen LogP contribution in [-0.4, -0.2) is 47.7 Å². The maximum atomic E-state index is 12.6. The first kappa shape index (κ1) is 18.1. The monoisotopic (exact) mass is 354 g/mol. The maximum Gasteiger partial charge on any atom is 0.330 e. The molecule has 6 nitrogen and oxygen atoms in total. The van der Waals surface area contributed by atoms with E-state index in [2.05, 4.69) is 10.2 Å². The normalized spacial score (nSPS) is 18.8. The van der Waals surface area contributed by atoms with E-state index in [0.717, 1.165) is 13.1 Å². The number of ether oxygens (including phenoxy) is 1. The van der Waals surface area contributed by atoms with E-state index in [9.17, 15) is 14.7 Å². The van der Waals surface area contributed by atoms with Gasteiger partial charge in [-0.25, -0.2) is 4.79 Å². The van der Waals surface area contributed by atoms with E-state index in [-0.39, 0.29) is 0 Å². The second kappa shape index (κ2) is 8.60. The van der Waals surface area contributed by atoms with Gasteiger partial charge in [-0.3, -0.25) is 9.69 Å². The van der Waals surface area contributed by atoms with Crippen LogP contribution in [0.4, 0.5) is 0 Å². The molecule has 2 aromatic rings. The van der Waals surface area contributed by atoms with Crippen molar-refractivity contribution < 1.29 is 19.4 Å². The summed E-state index contributed by atoms with van der Waals surface area (Å²) in [5, 5.41) is 12.1. The number of carboxylic acids is 1. The lowest BCUT2D eigenvalue weighted by Gasteiger charge is -2.32. The van der Waals surface area contributed by atoms with E-state index in [4.69, 9.17) is 4.74 Å². The highest BCUT2D eigenvalue weighted by Gasteiger charge is 2.30. The number of amides is 1. The molecule has 1 aliphatic heterocycles. The standard InChI is InChI=1S/C20H22N2O4/c23-19(21-18(20(24)25)16-9-5-2-6-10-16)17-14-22(11-12-26-17)13-15-7-3-1-4-8-15/h1-10,17-18H,11-14H2,(H,21,23)(H,24,25)/t17-,18-/m1/s1. The fourth-order valence-electron chi connectivity index (χ4n) is 3.01. The quantitative estimate of drug-likeness (QED) is 0.827. The van der Waals surface area contributed by atoms with Crippen LogP contribution in [-0.2, 0) is 20.9 Å². The van der Waals surface area contributed by atoms with Crippen molar-refractivity contribution in [2.24, 2.45) is 0 Å². The molecule has 136 valence electrons. The van der Waals surface area contributed by atoms with Gasteiger partial charge >= 0.3 is 5.97 Å². The van der Waals surface area contributed by atoms with Crippen molar-refractivity contribution in [3.8, 4) is 0 Å². The van der Waals surface area contributed by atoms with Gasteiger partial charge < -0.3 is 15.2 Å². The summed E-state index contributed by atoms with van der Waals surface area (Å²) in [6.07, 6.45) is -0.682. The van der Waals surface area contributed by atoms with E-state index in [0.29, 0.717) is 18.7 Å². The van der Waals surface area contributed by atoms with Crippen LogP contribution < -0.4 is 5.32 Å². The number of benzene rings is 2. The van der Waals surface area contributed by atoms with Crippen molar-refractivity contribution in [3.05, 3.63) is 71.8 Å². The van der Waals surface area contributed by atoms with Gasteiger partial charge in [-0.2, -0.15) is 0 Å². The molecule has 0 unspecified atom stereocenters. The minimum atomic E-state index is -1.10. The van der Waals surface area contributed by atoms with Crippen LogP contribution in [0, 0.1) is 0 Å². The molecule has 1 amide bonds. The number of rotatable bonds is 6. The van der Waals surface area contributed by atoms with Crippen LogP contribution >= 0.6 is 0 Å². The molecule has 0 aromatic heterocycles. The first-order valence-corrected chi connectivity index (χ1v) is 8.59. The van der Waals surface area contributed by atoms with Crippen molar-refractivity contribution in [1.82, 2.24) is 10.2 Å². The third kappa shape index (κ3) is 4.68. The van der Waals surface area contributed by atoms with Crippen LogP contribution in [0.3, 0.4) is 0 Å². The number of carbonyl (C=O) groups is 2. The minimum Gasteiger partial charge on any atom is -0.479 e. The van der Waals surface area contributed by atoms with Gasteiger partial charge in [0, 0.05) is 19.6 Å². The fourth-order valence-corrected chi connectivity index (χ4v) is 3.01. The van der Waals surface area contributed by atoms with E-state index in [1.54, 1.807) is 30.3 Å². The highest BCUT2D eigenvalue weighted by molar-refractivity contribution is 5.87. The number of hydrogen-bond donors (Lipinski definition) is 2. The smallest absolute Gasteiger partial charge is 0.330 e. The van der Waals surface area contributed by atoms with E-state index in [1.165, 1.54) is 5.56 Å². The number of carbonyl (C=O) groups excluding carboxylic acids is 1. The highest BCUT2D eigenvalue weighted by atomic mass is 16.5. The molecule has 0 saturated carbocycles. The molecular weight excluding hydrogens is 332 g/mol. The predicted octanol–water partition coefficient (Wildman–Crippen LogP) is 1.83. The number of nitrogens with one attached hydrogen (secondary N) is 1. The Hall–Kier alpha value is -2.70.